The highest BCUT2D eigenvalue weighted by atomic mass is 19.1. The van der Waals surface area contributed by atoms with E-state index < -0.39 is 11.6 Å². The van der Waals surface area contributed by atoms with E-state index in [0.29, 0.717) is 11.4 Å². The minimum absolute atomic E-state index is 0.242. The third-order valence-corrected chi connectivity index (χ3v) is 3.14. The molecule has 106 valence electrons. The predicted octanol–water partition coefficient (Wildman–Crippen LogP) is 3.39. The highest BCUT2D eigenvalue weighted by molar-refractivity contribution is 5.45. The second kappa shape index (κ2) is 5.94. The van der Waals surface area contributed by atoms with Gasteiger partial charge in [-0.2, -0.15) is 0 Å². The highest BCUT2D eigenvalue weighted by Crippen LogP contribution is 2.18. The molecule has 2 rings (SSSR count). The van der Waals surface area contributed by atoms with Gasteiger partial charge in [0.1, 0.15) is 23.3 Å². The molecule has 1 aromatic heterocycles. The summed E-state index contributed by atoms with van der Waals surface area (Å²) in [5.41, 5.74) is 2.22. The van der Waals surface area contributed by atoms with Crippen LogP contribution in [0.15, 0.2) is 18.2 Å². The van der Waals surface area contributed by atoms with E-state index in [2.05, 4.69) is 15.3 Å². The number of nitrogens with one attached hydrogen (secondary N) is 1. The van der Waals surface area contributed by atoms with Crippen LogP contribution in [-0.4, -0.2) is 16.5 Å². The zero-order valence-corrected chi connectivity index (χ0v) is 11.8. The van der Waals surface area contributed by atoms with E-state index in [9.17, 15) is 8.78 Å². The Morgan fingerprint density at radius 2 is 1.90 bits per heavy atom. The number of hydrogen-bond donors (Lipinski definition) is 1. The quantitative estimate of drug-likeness (QED) is 0.930. The Balaban J connectivity index is 2.33. The fraction of sp³-hybridized carbons (Fsp3) is 0.333. The van der Waals surface area contributed by atoms with E-state index in [1.54, 1.807) is 0 Å². The number of benzene rings is 1. The molecule has 0 spiro atoms. The number of halogens is 2. The summed E-state index contributed by atoms with van der Waals surface area (Å²) in [6.07, 6.45) is 0.242. The molecule has 0 saturated heterocycles. The summed E-state index contributed by atoms with van der Waals surface area (Å²) >= 11 is 0. The number of hydrogen-bond acceptors (Lipinski definition) is 3. The van der Waals surface area contributed by atoms with Crippen LogP contribution in [0.2, 0.25) is 0 Å². The molecule has 0 radical (unpaired) electrons. The first-order chi connectivity index (χ1) is 9.51. The minimum atomic E-state index is -0.583. The van der Waals surface area contributed by atoms with Crippen molar-refractivity contribution in [2.45, 2.75) is 27.2 Å². The number of anilines is 1. The maximum absolute atomic E-state index is 13.7. The molecule has 0 aliphatic rings. The van der Waals surface area contributed by atoms with Crippen molar-refractivity contribution in [3.63, 3.8) is 0 Å². The minimum Gasteiger partial charge on any atom is -0.370 e. The van der Waals surface area contributed by atoms with Crippen LogP contribution in [-0.2, 0) is 6.42 Å². The third kappa shape index (κ3) is 3.10. The van der Waals surface area contributed by atoms with Crippen LogP contribution in [0.3, 0.4) is 0 Å². The Morgan fingerprint density at radius 1 is 1.15 bits per heavy atom. The number of aryl methyl sites for hydroxylation is 1. The van der Waals surface area contributed by atoms with Crippen LogP contribution in [0.4, 0.5) is 14.6 Å². The van der Waals surface area contributed by atoms with Gasteiger partial charge >= 0.3 is 0 Å². The van der Waals surface area contributed by atoms with E-state index >= 15 is 0 Å². The average molecular weight is 277 g/mol. The summed E-state index contributed by atoms with van der Waals surface area (Å²) in [5.74, 6) is 0.129. The highest BCUT2D eigenvalue weighted by Gasteiger charge is 2.10. The molecule has 5 heteroatoms. The van der Waals surface area contributed by atoms with Gasteiger partial charge in [-0.15, -0.1) is 0 Å². The zero-order valence-electron chi connectivity index (χ0n) is 11.8. The molecular formula is C15H17F2N3. The lowest BCUT2D eigenvalue weighted by Gasteiger charge is -2.11. The fourth-order valence-electron chi connectivity index (χ4n) is 1.94. The van der Waals surface area contributed by atoms with E-state index in [-0.39, 0.29) is 6.42 Å². The first kappa shape index (κ1) is 14.4. The van der Waals surface area contributed by atoms with Gasteiger partial charge in [-0.25, -0.2) is 18.7 Å². The summed E-state index contributed by atoms with van der Waals surface area (Å²) in [6.45, 7) is 6.57. The topological polar surface area (TPSA) is 37.8 Å². The Kier molecular flexibility index (Phi) is 4.27. The normalized spacial score (nSPS) is 10.7. The second-order valence-electron chi connectivity index (χ2n) is 4.64. The molecule has 2 aromatic rings. The number of aromatic nitrogens is 2. The summed E-state index contributed by atoms with van der Waals surface area (Å²) in [6, 6.07) is 3.54. The molecule has 20 heavy (non-hydrogen) atoms. The first-order valence-corrected chi connectivity index (χ1v) is 6.53. The summed E-state index contributed by atoms with van der Waals surface area (Å²) in [5, 5.41) is 3.16. The molecule has 0 bridgehead atoms. The van der Waals surface area contributed by atoms with Crippen LogP contribution in [0.1, 0.15) is 29.6 Å². The lowest BCUT2D eigenvalue weighted by atomic mass is 10.1. The summed E-state index contributed by atoms with van der Waals surface area (Å²) < 4.78 is 26.5. The molecule has 0 atom stereocenters. The molecule has 0 aliphatic carbocycles. The lowest BCUT2D eigenvalue weighted by molar-refractivity contribution is 0.573. The van der Waals surface area contributed by atoms with Crippen molar-refractivity contribution in [3.05, 3.63) is 52.5 Å². The van der Waals surface area contributed by atoms with Crippen molar-refractivity contribution in [2.75, 3.05) is 11.9 Å². The van der Waals surface area contributed by atoms with E-state index in [1.807, 2.05) is 20.8 Å². The van der Waals surface area contributed by atoms with Gasteiger partial charge in [0.25, 0.3) is 0 Å². The Morgan fingerprint density at radius 3 is 2.55 bits per heavy atom. The van der Waals surface area contributed by atoms with Gasteiger partial charge < -0.3 is 5.32 Å². The van der Waals surface area contributed by atoms with Gasteiger partial charge in [0.05, 0.1) is 0 Å². The Labute approximate surface area is 117 Å². The van der Waals surface area contributed by atoms with Crippen LogP contribution in [0.5, 0.6) is 0 Å². The summed E-state index contributed by atoms with van der Waals surface area (Å²) in [4.78, 5) is 8.76. The van der Waals surface area contributed by atoms with E-state index in [0.717, 1.165) is 29.7 Å². The molecule has 0 saturated carbocycles. The van der Waals surface area contributed by atoms with Gasteiger partial charge in [-0.3, -0.25) is 0 Å². The van der Waals surface area contributed by atoms with Crippen molar-refractivity contribution in [2.24, 2.45) is 0 Å². The molecule has 1 heterocycles. The molecule has 0 fully saturated rings. The average Bonchev–Trinajstić information content (AvgIpc) is 2.39. The van der Waals surface area contributed by atoms with Gasteiger partial charge in [0.2, 0.25) is 0 Å². The van der Waals surface area contributed by atoms with Gasteiger partial charge in [0, 0.05) is 30.3 Å². The first-order valence-electron chi connectivity index (χ1n) is 6.53. The van der Waals surface area contributed by atoms with Crippen molar-refractivity contribution >= 4 is 5.82 Å². The van der Waals surface area contributed by atoms with Crippen molar-refractivity contribution in [1.82, 2.24) is 9.97 Å². The van der Waals surface area contributed by atoms with Crippen LogP contribution in [0, 0.1) is 25.5 Å². The van der Waals surface area contributed by atoms with Crippen molar-refractivity contribution in [1.29, 1.82) is 0 Å². The lowest BCUT2D eigenvalue weighted by Crippen LogP contribution is -2.09. The molecular weight excluding hydrogens is 260 g/mol. The zero-order chi connectivity index (χ0) is 14.7. The van der Waals surface area contributed by atoms with Gasteiger partial charge in [-0.05, 0) is 32.4 Å². The van der Waals surface area contributed by atoms with Gasteiger partial charge in [0.15, 0.2) is 0 Å². The maximum atomic E-state index is 13.7. The number of nitrogens with zero attached hydrogens (tertiary/aromatic N) is 2. The fourth-order valence-corrected chi connectivity index (χ4v) is 1.94. The largest absolute Gasteiger partial charge is 0.370 e. The predicted molar refractivity (Wildman–Crippen MR) is 74.8 cm³/mol. The molecule has 0 amide bonds. The third-order valence-electron chi connectivity index (χ3n) is 3.14. The van der Waals surface area contributed by atoms with Crippen LogP contribution < -0.4 is 5.32 Å². The van der Waals surface area contributed by atoms with Crippen LogP contribution in [0.25, 0.3) is 0 Å². The Bertz CT molecular complexity index is 627. The smallest absolute Gasteiger partial charge is 0.135 e. The standard InChI is InChI=1S/C15H17F2N3/c1-4-18-15-9(2)10(3)19-14(20-15)7-11-5-6-12(16)8-13(11)17/h5-6,8H,4,7H2,1-3H3,(H,18,19,20). The number of rotatable bonds is 4. The van der Waals surface area contributed by atoms with Crippen molar-refractivity contribution in [3.8, 4) is 0 Å². The molecule has 1 N–H and O–H groups in total. The molecule has 3 nitrogen and oxygen atoms in total. The molecule has 0 aliphatic heterocycles. The maximum Gasteiger partial charge on any atom is 0.135 e. The van der Waals surface area contributed by atoms with E-state index in [4.69, 9.17) is 0 Å². The summed E-state index contributed by atoms with van der Waals surface area (Å²) in [7, 11) is 0. The Hall–Kier alpha value is -2.04. The SMILES string of the molecule is CCNc1nc(Cc2ccc(F)cc2F)nc(C)c1C. The molecule has 0 unspecified atom stereocenters. The molecule has 1 aromatic carbocycles. The van der Waals surface area contributed by atoms with Crippen LogP contribution >= 0.6 is 0 Å². The van der Waals surface area contributed by atoms with E-state index in [1.165, 1.54) is 12.1 Å². The van der Waals surface area contributed by atoms with Crippen molar-refractivity contribution < 1.29 is 8.78 Å². The van der Waals surface area contributed by atoms with Gasteiger partial charge in [-0.1, -0.05) is 6.07 Å². The monoisotopic (exact) mass is 277 g/mol. The second-order valence-corrected chi connectivity index (χ2v) is 4.64.